The Morgan fingerprint density at radius 3 is 2.60 bits per heavy atom. The Labute approximate surface area is 127 Å². The third kappa shape index (κ3) is 4.85. The van der Waals surface area contributed by atoms with Gasteiger partial charge in [-0.1, -0.05) is 6.07 Å². The van der Waals surface area contributed by atoms with Crippen LogP contribution >= 0.6 is 15.9 Å². The van der Waals surface area contributed by atoms with Crippen LogP contribution in [0.2, 0.25) is 0 Å². The van der Waals surface area contributed by atoms with E-state index in [0.717, 1.165) is 10.0 Å². The van der Waals surface area contributed by atoms with Crippen LogP contribution in [-0.2, 0) is 4.79 Å². The number of carboxylic acid groups (broad SMARTS) is 1. The normalized spacial score (nSPS) is 10.4. The number of carbonyl (C=O) groups excluding carboxylic acids is 1. The molecule has 0 unspecified atom stereocenters. The number of hydrogen-bond donors (Lipinski definition) is 2. The Kier molecular flexibility index (Phi) is 6.01. The number of rotatable bonds is 5. The number of benzene rings is 1. The number of amides is 2. The molecule has 0 saturated carbocycles. The number of aliphatic carboxylic acids is 1. The molecule has 0 atom stereocenters. The van der Waals surface area contributed by atoms with Crippen molar-refractivity contribution in [2.24, 2.45) is 0 Å². The van der Waals surface area contributed by atoms with Gasteiger partial charge >= 0.3 is 12.0 Å². The molecule has 6 heteroatoms. The van der Waals surface area contributed by atoms with Crippen molar-refractivity contribution in [3.63, 3.8) is 0 Å². The number of halogens is 1. The van der Waals surface area contributed by atoms with Crippen molar-refractivity contribution in [1.82, 2.24) is 4.90 Å². The lowest BCUT2D eigenvalue weighted by Gasteiger charge is -2.26. The van der Waals surface area contributed by atoms with Crippen LogP contribution in [0.3, 0.4) is 0 Å². The number of hydrogen-bond acceptors (Lipinski definition) is 2. The molecule has 2 amide bonds. The molecule has 5 nitrogen and oxygen atoms in total. The molecule has 0 aliphatic heterocycles. The first kappa shape index (κ1) is 16.5. The van der Waals surface area contributed by atoms with Gasteiger partial charge in [0.15, 0.2) is 0 Å². The lowest BCUT2D eigenvalue weighted by atomic mass is 10.2. The number of carbonyl (C=O) groups is 2. The minimum absolute atomic E-state index is 0.0689. The molecule has 0 heterocycles. The van der Waals surface area contributed by atoms with Gasteiger partial charge in [0, 0.05) is 17.1 Å². The average Bonchev–Trinajstić information content (AvgIpc) is 2.33. The summed E-state index contributed by atoms with van der Waals surface area (Å²) in [4.78, 5) is 24.4. The van der Waals surface area contributed by atoms with Crippen molar-refractivity contribution < 1.29 is 14.7 Å². The third-order valence-corrected chi connectivity index (χ3v) is 3.51. The zero-order valence-electron chi connectivity index (χ0n) is 11.8. The van der Waals surface area contributed by atoms with Gasteiger partial charge in [-0.15, -0.1) is 0 Å². The topological polar surface area (TPSA) is 69.6 Å². The van der Waals surface area contributed by atoms with E-state index in [1.54, 1.807) is 0 Å². The summed E-state index contributed by atoms with van der Waals surface area (Å²) in [5, 5.41) is 11.5. The van der Waals surface area contributed by atoms with Crippen molar-refractivity contribution in [2.45, 2.75) is 33.2 Å². The van der Waals surface area contributed by atoms with Gasteiger partial charge < -0.3 is 15.3 Å². The molecule has 0 aliphatic carbocycles. The predicted molar refractivity (Wildman–Crippen MR) is 82.0 cm³/mol. The number of aryl methyl sites for hydroxylation is 1. The molecule has 110 valence electrons. The van der Waals surface area contributed by atoms with E-state index in [0.29, 0.717) is 5.69 Å². The zero-order valence-corrected chi connectivity index (χ0v) is 13.4. The molecule has 0 bridgehead atoms. The molecule has 1 aromatic carbocycles. The highest BCUT2D eigenvalue weighted by molar-refractivity contribution is 9.10. The van der Waals surface area contributed by atoms with Crippen LogP contribution < -0.4 is 5.32 Å². The molecular weight excluding hydrogens is 324 g/mol. The number of anilines is 1. The molecule has 1 aromatic rings. The molecule has 0 radical (unpaired) electrons. The van der Waals surface area contributed by atoms with E-state index in [-0.39, 0.29) is 25.0 Å². The Morgan fingerprint density at radius 2 is 2.05 bits per heavy atom. The van der Waals surface area contributed by atoms with Crippen molar-refractivity contribution in [2.75, 3.05) is 11.9 Å². The molecule has 1 rings (SSSR count). The van der Waals surface area contributed by atoms with Gasteiger partial charge in [0.2, 0.25) is 0 Å². The summed E-state index contributed by atoms with van der Waals surface area (Å²) >= 11 is 3.38. The first-order chi connectivity index (χ1) is 9.31. The summed E-state index contributed by atoms with van der Waals surface area (Å²) < 4.78 is 0.790. The van der Waals surface area contributed by atoms with Crippen molar-refractivity contribution >= 4 is 33.6 Å². The maximum absolute atomic E-state index is 12.2. The van der Waals surface area contributed by atoms with Gasteiger partial charge in [-0.3, -0.25) is 4.79 Å². The van der Waals surface area contributed by atoms with Crippen LogP contribution in [0.25, 0.3) is 0 Å². The highest BCUT2D eigenvalue weighted by Gasteiger charge is 2.18. The van der Waals surface area contributed by atoms with Gasteiger partial charge in [0.1, 0.15) is 0 Å². The lowest BCUT2D eigenvalue weighted by molar-refractivity contribution is -0.137. The Bertz CT molecular complexity index is 503. The molecule has 0 spiro atoms. The maximum Gasteiger partial charge on any atom is 0.322 e. The summed E-state index contributed by atoms with van der Waals surface area (Å²) in [6, 6.07) is 5.29. The smallest absolute Gasteiger partial charge is 0.322 e. The summed E-state index contributed by atoms with van der Waals surface area (Å²) in [5.74, 6) is -0.916. The van der Waals surface area contributed by atoms with Crippen LogP contribution in [0.4, 0.5) is 10.5 Å². The fourth-order valence-electron chi connectivity index (χ4n) is 1.73. The Morgan fingerprint density at radius 1 is 1.40 bits per heavy atom. The number of nitrogens with one attached hydrogen (secondary N) is 1. The zero-order chi connectivity index (χ0) is 15.3. The first-order valence-corrected chi connectivity index (χ1v) is 7.16. The van der Waals surface area contributed by atoms with Crippen LogP contribution in [0.5, 0.6) is 0 Å². The van der Waals surface area contributed by atoms with E-state index in [1.165, 1.54) is 4.90 Å². The molecule has 0 aromatic heterocycles. The van der Waals surface area contributed by atoms with Gasteiger partial charge in [-0.05, 0) is 54.4 Å². The fourth-order valence-corrected chi connectivity index (χ4v) is 2.08. The molecular formula is C14H19BrN2O3. The quantitative estimate of drug-likeness (QED) is 0.860. The van der Waals surface area contributed by atoms with Crippen molar-refractivity contribution in [3.8, 4) is 0 Å². The van der Waals surface area contributed by atoms with Gasteiger partial charge in [-0.25, -0.2) is 4.79 Å². The molecule has 0 saturated heterocycles. The Hall–Kier alpha value is -1.56. The minimum Gasteiger partial charge on any atom is -0.481 e. The standard InChI is InChI=1S/C14H19BrN2O3/c1-9(2)17(7-6-13(18)19)14(20)16-12-8-10(3)4-5-11(12)15/h4-5,8-9H,6-7H2,1-3H3,(H,16,20)(H,18,19). The summed E-state index contributed by atoms with van der Waals surface area (Å²) in [6.07, 6.45) is -0.0689. The molecule has 0 fully saturated rings. The third-order valence-electron chi connectivity index (χ3n) is 2.81. The lowest BCUT2D eigenvalue weighted by Crippen LogP contribution is -2.41. The number of urea groups is 1. The SMILES string of the molecule is Cc1ccc(Br)c(NC(=O)N(CCC(=O)O)C(C)C)c1. The number of carboxylic acids is 1. The van der Waals surface area contributed by atoms with E-state index in [1.807, 2.05) is 39.0 Å². The monoisotopic (exact) mass is 342 g/mol. The van der Waals surface area contributed by atoms with Gasteiger partial charge in [0.05, 0.1) is 12.1 Å². The predicted octanol–water partition coefficient (Wildman–Crippen LogP) is 3.47. The van der Waals surface area contributed by atoms with E-state index >= 15 is 0 Å². The highest BCUT2D eigenvalue weighted by atomic mass is 79.9. The largest absolute Gasteiger partial charge is 0.481 e. The highest BCUT2D eigenvalue weighted by Crippen LogP contribution is 2.23. The van der Waals surface area contributed by atoms with Crippen molar-refractivity contribution in [1.29, 1.82) is 0 Å². The van der Waals surface area contributed by atoms with Crippen LogP contribution in [0.15, 0.2) is 22.7 Å². The minimum atomic E-state index is -0.916. The van der Waals surface area contributed by atoms with Crippen molar-refractivity contribution in [3.05, 3.63) is 28.2 Å². The number of nitrogens with zero attached hydrogens (tertiary/aromatic N) is 1. The van der Waals surface area contributed by atoms with E-state index in [2.05, 4.69) is 21.2 Å². The summed E-state index contributed by atoms with van der Waals surface area (Å²) in [5.41, 5.74) is 1.71. The van der Waals surface area contributed by atoms with Gasteiger partial charge in [0.25, 0.3) is 0 Å². The first-order valence-electron chi connectivity index (χ1n) is 6.37. The second kappa shape index (κ2) is 7.28. The van der Waals surface area contributed by atoms with E-state index in [9.17, 15) is 9.59 Å². The average molecular weight is 343 g/mol. The van der Waals surface area contributed by atoms with Gasteiger partial charge in [-0.2, -0.15) is 0 Å². The van der Waals surface area contributed by atoms with E-state index in [4.69, 9.17) is 5.11 Å². The van der Waals surface area contributed by atoms with E-state index < -0.39 is 5.97 Å². The maximum atomic E-state index is 12.2. The van der Waals surface area contributed by atoms with Crippen LogP contribution in [0.1, 0.15) is 25.8 Å². The summed E-state index contributed by atoms with van der Waals surface area (Å²) in [7, 11) is 0. The van der Waals surface area contributed by atoms with Crippen LogP contribution in [0, 0.1) is 6.92 Å². The molecule has 0 aliphatic rings. The molecule has 20 heavy (non-hydrogen) atoms. The molecule has 2 N–H and O–H groups in total. The fraction of sp³-hybridized carbons (Fsp3) is 0.429. The van der Waals surface area contributed by atoms with Crippen LogP contribution in [-0.4, -0.2) is 34.6 Å². The summed E-state index contributed by atoms with van der Waals surface area (Å²) in [6.45, 7) is 5.83. The second-order valence-electron chi connectivity index (χ2n) is 4.84. The second-order valence-corrected chi connectivity index (χ2v) is 5.70. The Balaban J connectivity index is 2.80.